The van der Waals surface area contributed by atoms with Gasteiger partial charge in [-0.25, -0.2) is 0 Å². The van der Waals surface area contributed by atoms with E-state index in [0.717, 1.165) is 28.7 Å². The Labute approximate surface area is 122 Å². The molecule has 0 spiro atoms. The molecule has 0 atom stereocenters. The molecule has 4 heteroatoms. The molecule has 0 aliphatic heterocycles. The second kappa shape index (κ2) is 8.34. The highest BCUT2D eigenvalue weighted by molar-refractivity contribution is 14.1. The number of benzene rings is 1. The molecule has 0 aromatic heterocycles. The fraction of sp³-hybridized carbons (Fsp3) is 0.500. The van der Waals surface area contributed by atoms with Crippen molar-refractivity contribution in [1.82, 2.24) is 5.32 Å². The van der Waals surface area contributed by atoms with E-state index in [1.165, 1.54) is 0 Å². The Bertz CT molecular complexity index is 363. The molecule has 0 radical (unpaired) electrons. The molecule has 3 nitrogen and oxygen atoms in total. The number of carbonyl (C=O) groups is 1. The Kier molecular flexibility index (Phi) is 7.08. The van der Waals surface area contributed by atoms with E-state index < -0.39 is 0 Å². The van der Waals surface area contributed by atoms with Gasteiger partial charge >= 0.3 is 0 Å². The lowest BCUT2D eigenvalue weighted by atomic mass is 10.1. The topological polar surface area (TPSA) is 38.3 Å². The maximum Gasteiger partial charge on any atom is 0.257 e. The van der Waals surface area contributed by atoms with Crippen molar-refractivity contribution in [3.8, 4) is 5.75 Å². The van der Waals surface area contributed by atoms with Crippen LogP contribution in [0.4, 0.5) is 0 Å². The number of carbonyl (C=O) groups excluding carboxylic acids is 1. The van der Waals surface area contributed by atoms with Gasteiger partial charge in [0.15, 0.2) is 6.61 Å². The third-order valence-corrected chi connectivity index (χ3v) is 3.18. The zero-order valence-corrected chi connectivity index (χ0v) is 13.1. The van der Waals surface area contributed by atoms with Crippen LogP contribution in [0, 0.1) is 9.49 Å². The standard InChI is InChI=1S/C14H20INO2/c1-11(2)4-3-9-16-14(17)10-18-13-7-5-12(15)6-8-13/h5-8,11H,3-4,9-10H2,1-2H3,(H,16,17). The average molecular weight is 361 g/mol. The number of halogens is 1. The third kappa shape index (κ3) is 6.83. The minimum atomic E-state index is -0.0580. The lowest BCUT2D eigenvalue weighted by Crippen LogP contribution is -2.29. The van der Waals surface area contributed by atoms with Crippen LogP contribution < -0.4 is 10.1 Å². The fourth-order valence-corrected chi connectivity index (χ4v) is 1.83. The van der Waals surface area contributed by atoms with E-state index in [1.807, 2.05) is 24.3 Å². The summed E-state index contributed by atoms with van der Waals surface area (Å²) in [6, 6.07) is 7.65. The van der Waals surface area contributed by atoms with Gasteiger partial charge in [-0.05, 0) is 65.6 Å². The lowest BCUT2D eigenvalue weighted by molar-refractivity contribution is -0.123. The van der Waals surface area contributed by atoms with Crippen LogP contribution in [0.1, 0.15) is 26.7 Å². The van der Waals surface area contributed by atoms with E-state index in [1.54, 1.807) is 0 Å². The SMILES string of the molecule is CC(C)CCCNC(=O)COc1ccc(I)cc1. The first-order chi connectivity index (χ1) is 8.58. The van der Waals surface area contributed by atoms with Gasteiger partial charge in [-0.15, -0.1) is 0 Å². The zero-order chi connectivity index (χ0) is 13.4. The molecule has 0 saturated carbocycles. The highest BCUT2D eigenvalue weighted by atomic mass is 127. The fourth-order valence-electron chi connectivity index (χ4n) is 1.47. The maximum absolute atomic E-state index is 11.5. The van der Waals surface area contributed by atoms with Gasteiger partial charge in [0, 0.05) is 10.1 Å². The van der Waals surface area contributed by atoms with Crippen molar-refractivity contribution in [3.63, 3.8) is 0 Å². The minimum absolute atomic E-state index is 0.0580. The molecule has 18 heavy (non-hydrogen) atoms. The molecular weight excluding hydrogens is 341 g/mol. The van der Waals surface area contributed by atoms with Crippen LogP contribution in [0.15, 0.2) is 24.3 Å². The molecular formula is C14H20INO2. The smallest absolute Gasteiger partial charge is 0.257 e. The summed E-state index contributed by atoms with van der Waals surface area (Å²) >= 11 is 2.23. The van der Waals surface area contributed by atoms with E-state index in [-0.39, 0.29) is 12.5 Å². The molecule has 0 bridgehead atoms. The van der Waals surface area contributed by atoms with E-state index >= 15 is 0 Å². The summed E-state index contributed by atoms with van der Waals surface area (Å²) in [4.78, 5) is 11.5. The van der Waals surface area contributed by atoms with Gasteiger partial charge in [-0.2, -0.15) is 0 Å². The summed E-state index contributed by atoms with van der Waals surface area (Å²) in [5.74, 6) is 1.36. The second-order valence-corrected chi connectivity index (χ2v) is 5.87. The molecule has 1 amide bonds. The van der Waals surface area contributed by atoms with Gasteiger partial charge in [0.2, 0.25) is 0 Å². The first kappa shape index (κ1) is 15.3. The van der Waals surface area contributed by atoms with Gasteiger partial charge in [0.25, 0.3) is 5.91 Å². The maximum atomic E-state index is 11.5. The lowest BCUT2D eigenvalue weighted by Gasteiger charge is -2.08. The van der Waals surface area contributed by atoms with Gasteiger partial charge in [0.1, 0.15) is 5.75 Å². The van der Waals surface area contributed by atoms with Gasteiger partial charge < -0.3 is 10.1 Å². The summed E-state index contributed by atoms with van der Waals surface area (Å²) in [7, 11) is 0. The molecule has 1 N–H and O–H groups in total. The van der Waals surface area contributed by atoms with Crippen LogP contribution in [0.5, 0.6) is 5.75 Å². The second-order valence-electron chi connectivity index (χ2n) is 4.63. The van der Waals surface area contributed by atoms with Gasteiger partial charge in [0.05, 0.1) is 0 Å². The zero-order valence-electron chi connectivity index (χ0n) is 10.9. The number of hydrogen-bond donors (Lipinski definition) is 1. The van der Waals surface area contributed by atoms with Crippen LogP contribution >= 0.6 is 22.6 Å². The predicted molar refractivity (Wildman–Crippen MR) is 81.7 cm³/mol. The van der Waals surface area contributed by atoms with Gasteiger partial charge in [-0.3, -0.25) is 4.79 Å². The molecule has 0 aliphatic carbocycles. The summed E-state index contributed by atoms with van der Waals surface area (Å²) in [5.41, 5.74) is 0. The van der Waals surface area contributed by atoms with Crippen molar-refractivity contribution in [2.45, 2.75) is 26.7 Å². The van der Waals surface area contributed by atoms with E-state index in [4.69, 9.17) is 4.74 Å². The molecule has 0 unspecified atom stereocenters. The Morgan fingerprint density at radius 1 is 1.33 bits per heavy atom. The highest BCUT2D eigenvalue weighted by Crippen LogP contribution is 2.13. The Morgan fingerprint density at radius 3 is 2.61 bits per heavy atom. The number of hydrogen-bond acceptors (Lipinski definition) is 2. The summed E-state index contributed by atoms with van der Waals surface area (Å²) < 4.78 is 6.54. The quantitative estimate of drug-likeness (QED) is 0.598. The Hall–Kier alpha value is -0.780. The normalized spacial score (nSPS) is 10.4. The van der Waals surface area contributed by atoms with Crippen LogP contribution in [-0.4, -0.2) is 19.1 Å². The molecule has 100 valence electrons. The molecule has 0 fully saturated rings. The van der Waals surface area contributed by atoms with Crippen molar-refractivity contribution in [3.05, 3.63) is 27.8 Å². The van der Waals surface area contributed by atoms with E-state index in [0.29, 0.717) is 5.92 Å². The highest BCUT2D eigenvalue weighted by Gasteiger charge is 2.02. The monoisotopic (exact) mass is 361 g/mol. The largest absolute Gasteiger partial charge is 0.484 e. The number of rotatable bonds is 7. The number of amides is 1. The molecule has 1 aromatic carbocycles. The van der Waals surface area contributed by atoms with Crippen LogP contribution in [0.3, 0.4) is 0 Å². The summed E-state index contributed by atoms with van der Waals surface area (Å²) in [5, 5.41) is 2.85. The Morgan fingerprint density at radius 2 is 2.00 bits per heavy atom. The van der Waals surface area contributed by atoms with E-state index in [2.05, 4.69) is 41.8 Å². The predicted octanol–water partition coefficient (Wildman–Crippen LogP) is 3.22. The summed E-state index contributed by atoms with van der Waals surface area (Å²) in [6.45, 7) is 5.18. The van der Waals surface area contributed by atoms with Crippen LogP contribution in [-0.2, 0) is 4.79 Å². The van der Waals surface area contributed by atoms with E-state index in [9.17, 15) is 4.79 Å². The molecule has 1 aromatic rings. The molecule has 0 heterocycles. The minimum Gasteiger partial charge on any atom is -0.484 e. The molecule has 1 rings (SSSR count). The van der Waals surface area contributed by atoms with Crippen molar-refractivity contribution < 1.29 is 9.53 Å². The third-order valence-electron chi connectivity index (χ3n) is 2.46. The average Bonchev–Trinajstić information content (AvgIpc) is 2.34. The van der Waals surface area contributed by atoms with Crippen LogP contribution in [0.2, 0.25) is 0 Å². The van der Waals surface area contributed by atoms with Crippen molar-refractivity contribution in [2.24, 2.45) is 5.92 Å². The Balaban J connectivity index is 2.15. The van der Waals surface area contributed by atoms with Gasteiger partial charge in [-0.1, -0.05) is 13.8 Å². The van der Waals surface area contributed by atoms with Crippen LogP contribution in [0.25, 0.3) is 0 Å². The number of ether oxygens (including phenoxy) is 1. The van der Waals surface area contributed by atoms with Crippen molar-refractivity contribution in [1.29, 1.82) is 0 Å². The first-order valence-corrected chi connectivity index (χ1v) is 7.31. The first-order valence-electron chi connectivity index (χ1n) is 6.23. The number of nitrogens with one attached hydrogen (secondary N) is 1. The van der Waals surface area contributed by atoms with Crippen molar-refractivity contribution in [2.75, 3.05) is 13.2 Å². The van der Waals surface area contributed by atoms with Crippen molar-refractivity contribution >= 4 is 28.5 Å². The summed E-state index contributed by atoms with van der Waals surface area (Å²) in [6.07, 6.45) is 2.16. The molecule has 0 aliphatic rings. The molecule has 0 saturated heterocycles.